The van der Waals surface area contributed by atoms with E-state index in [0.717, 1.165) is 15.6 Å². The number of pyridine rings is 1. The maximum Gasteiger partial charge on any atom is 0.295 e. The summed E-state index contributed by atoms with van der Waals surface area (Å²) in [6.07, 6.45) is 3.23. The van der Waals surface area contributed by atoms with Gasteiger partial charge in [0.25, 0.3) is 11.7 Å². The number of amides is 1. The summed E-state index contributed by atoms with van der Waals surface area (Å²) in [6.45, 7) is 2.09. The molecule has 3 aromatic rings. The van der Waals surface area contributed by atoms with Gasteiger partial charge < -0.3 is 14.7 Å². The van der Waals surface area contributed by atoms with Crippen molar-refractivity contribution in [3.63, 3.8) is 0 Å². The summed E-state index contributed by atoms with van der Waals surface area (Å²) in [7, 11) is 1.58. The smallest absolute Gasteiger partial charge is 0.295 e. The number of rotatable bonds is 5. The number of ketones is 1. The minimum Gasteiger partial charge on any atom is -0.507 e. The number of benzene rings is 2. The zero-order chi connectivity index (χ0) is 22.8. The van der Waals surface area contributed by atoms with Crippen molar-refractivity contribution in [3.05, 3.63) is 99.3 Å². The highest BCUT2D eigenvalue weighted by Gasteiger charge is 2.46. The lowest BCUT2D eigenvalue weighted by Crippen LogP contribution is -2.29. The molecule has 162 valence electrons. The third-order valence-electron chi connectivity index (χ3n) is 5.48. The van der Waals surface area contributed by atoms with Crippen molar-refractivity contribution in [1.29, 1.82) is 0 Å². The van der Waals surface area contributed by atoms with E-state index in [4.69, 9.17) is 4.74 Å². The van der Waals surface area contributed by atoms with Gasteiger partial charge in [0.05, 0.1) is 18.7 Å². The SMILES string of the molecule is COc1ccc(CN2C(=O)C(=O)/C(=C(\O)c3ccc(Br)c(C)c3)C2c2cccnc2)cc1. The number of Topliss-reactive ketones (excluding diaryl/α,β-unsaturated/α-hetero) is 1. The van der Waals surface area contributed by atoms with Gasteiger partial charge in [-0.15, -0.1) is 0 Å². The zero-order valence-electron chi connectivity index (χ0n) is 17.6. The molecule has 4 rings (SSSR count). The lowest BCUT2D eigenvalue weighted by Gasteiger charge is -2.25. The summed E-state index contributed by atoms with van der Waals surface area (Å²) in [5, 5.41) is 11.1. The second-order valence-electron chi connectivity index (χ2n) is 7.53. The molecule has 1 fully saturated rings. The van der Waals surface area contributed by atoms with Gasteiger partial charge in [0.15, 0.2) is 0 Å². The monoisotopic (exact) mass is 492 g/mol. The number of aliphatic hydroxyl groups is 1. The Morgan fingerprint density at radius 2 is 1.91 bits per heavy atom. The Kier molecular flexibility index (Phi) is 6.10. The Morgan fingerprint density at radius 3 is 2.53 bits per heavy atom. The van der Waals surface area contributed by atoms with Crippen LogP contribution in [0.5, 0.6) is 5.75 Å². The quantitative estimate of drug-likeness (QED) is 0.314. The van der Waals surface area contributed by atoms with E-state index >= 15 is 0 Å². The first kappa shape index (κ1) is 21.8. The van der Waals surface area contributed by atoms with Crippen molar-refractivity contribution in [2.75, 3.05) is 7.11 Å². The molecule has 32 heavy (non-hydrogen) atoms. The largest absolute Gasteiger partial charge is 0.507 e. The Morgan fingerprint density at radius 1 is 1.16 bits per heavy atom. The number of aliphatic hydroxyl groups excluding tert-OH is 1. The van der Waals surface area contributed by atoms with Crippen LogP contribution in [0.1, 0.15) is 28.3 Å². The fourth-order valence-electron chi connectivity index (χ4n) is 3.80. The highest BCUT2D eigenvalue weighted by molar-refractivity contribution is 9.10. The molecule has 1 aliphatic heterocycles. The molecule has 0 saturated carbocycles. The molecule has 0 aliphatic carbocycles. The van der Waals surface area contributed by atoms with E-state index in [1.807, 2.05) is 19.1 Å². The number of hydrogen-bond donors (Lipinski definition) is 1. The molecule has 7 heteroatoms. The molecular weight excluding hydrogens is 472 g/mol. The van der Waals surface area contributed by atoms with Crippen LogP contribution in [0.4, 0.5) is 0 Å². The molecule has 0 radical (unpaired) electrons. The minimum absolute atomic E-state index is 0.0539. The van der Waals surface area contributed by atoms with Crippen LogP contribution in [-0.2, 0) is 16.1 Å². The van der Waals surface area contributed by atoms with Gasteiger partial charge in [-0.2, -0.15) is 0 Å². The van der Waals surface area contributed by atoms with Gasteiger partial charge in [-0.05, 0) is 53.9 Å². The Hall–Kier alpha value is -3.45. The van der Waals surface area contributed by atoms with Crippen LogP contribution in [0.2, 0.25) is 0 Å². The summed E-state index contributed by atoms with van der Waals surface area (Å²) >= 11 is 3.44. The molecule has 1 atom stereocenters. The average Bonchev–Trinajstić information content (AvgIpc) is 3.06. The first-order valence-corrected chi connectivity index (χ1v) is 10.8. The second-order valence-corrected chi connectivity index (χ2v) is 8.38. The number of aryl methyl sites for hydroxylation is 1. The number of methoxy groups -OCH3 is 1. The van der Waals surface area contributed by atoms with Crippen LogP contribution in [-0.4, -0.2) is 33.8 Å². The standard InChI is InChI=1S/C25H21BrN2O4/c1-15-12-17(7-10-20(15)26)23(29)21-22(18-4-3-11-27-13-18)28(25(31)24(21)30)14-16-5-8-19(32-2)9-6-16/h3-13,22,29H,14H2,1-2H3/b23-21-. The highest BCUT2D eigenvalue weighted by Crippen LogP contribution is 2.40. The third-order valence-corrected chi connectivity index (χ3v) is 6.37. The third kappa shape index (κ3) is 4.03. The Balaban J connectivity index is 1.82. The first-order chi connectivity index (χ1) is 15.4. The van der Waals surface area contributed by atoms with Crippen LogP contribution in [0.3, 0.4) is 0 Å². The number of hydrogen-bond acceptors (Lipinski definition) is 5. The Bertz CT molecular complexity index is 1210. The van der Waals surface area contributed by atoms with Crippen LogP contribution in [0.25, 0.3) is 5.76 Å². The number of ether oxygens (including phenoxy) is 1. The summed E-state index contributed by atoms with van der Waals surface area (Å²) in [6, 6.07) is 15.4. The average molecular weight is 493 g/mol. The van der Waals surface area contributed by atoms with Crippen molar-refractivity contribution >= 4 is 33.4 Å². The maximum atomic E-state index is 13.1. The molecule has 1 saturated heterocycles. The van der Waals surface area contributed by atoms with Gasteiger partial charge >= 0.3 is 0 Å². The number of aromatic nitrogens is 1. The molecule has 2 heterocycles. The van der Waals surface area contributed by atoms with Crippen molar-refractivity contribution in [2.24, 2.45) is 0 Å². The van der Waals surface area contributed by atoms with Crippen LogP contribution in [0.15, 0.2) is 77.0 Å². The van der Waals surface area contributed by atoms with Crippen molar-refractivity contribution in [3.8, 4) is 5.75 Å². The maximum absolute atomic E-state index is 13.1. The molecule has 1 aromatic heterocycles. The fraction of sp³-hybridized carbons (Fsp3) is 0.160. The van der Waals surface area contributed by atoms with Crippen molar-refractivity contribution in [1.82, 2.24) is 9.88 Å². The number of nitrogens with zero attached hydrogens (tertiary/aromatic N) is 2. The number of carbonyl (C=O) groups excluding carboxylic acids is 2. The van der Waals surface area contributed by atoms with Crippen molar-refractivity contribution in [2.45, 2.75) is 19.5 Å². The van der Waals surface area contributed by atoms with Gasteiger partial charge in [-0.3, -0.25) is 14.6 Å². The normalized spacial score (nSPS) is 17.6. The van der Waals surface area contributed by atoms with Gasteiger partial charge in [-0.1, -0.05) is 40.2 Å². The van der Waals surface area contributed by atoms with Crippen molar-refractivity contribution < 1.29 is 19.4 Å². The number of likely N-dealkylation sites (tertiary alicyclic amines) is 1. The van der Waals surface area contributed by atoms with E-state index < -0.39 is 17.7 Å². The minimum atomic E-state index is -0.755. The van der Waals surface area contributed by atoms with Gasteiger partial charge in [0.1, 0.15) is 11.5 Å². The summed E-state index contributed by atoms with van der Waals surface area (Å²) in [5.74, 6) is -0.884. The first-order valence-electron chi connectivity index (χ1n) is 9.98. The Labute approximate surface area is 194 Å². The van der Waals surface area contributed by atoms with Gasteiger partial charge in [-0.25, -0.2) is 0 Å². The van der Waals surface area contributed by atoms with Crippen LogP contribution in [0, 0.1) is 6.92 Å². The van der Waals surface area contributed by atoms with E-state index in [2.05, 4.69) is 20.9 Å². The zero-order valence-corrected chi connectivity index (χ0v) is 19.2. The molecule has 1 amide bonds. The predicted molar refractivity (Wildman–Crippen MR) is 124 cm³/mol. The van der Waals surface area contributed by atoms with E-state index in [1.54, 1.807) is 62.0 Å². The summed E-state index contributed by atoms with van der Waals surface area (Å²) in [5.41, 5.74) is 2.91. The number of halogens is 1. The molecule has 2 aromatic carbocycles. The fourth-order valence-corrected chi connectivity index (χ4v) is 4.05. The highest BCUT2D eigenvalue weighted by atomic mass is 79.9. The predicted octanol–water partition coefficient (Wildman–Crippen LogP) is 4.78. The summed E-state index contributed by atoms with van der Waals surface area (Å²) in [4.78, 5) is 31.8. The van der Waals surface area contributed by atoms with E-state index in [0.29, 0.717) is 16.9 Å². The molecule has 1 unspecified atom stereocenters. The lowest BCUT2D eigenvalue weighted by atomic mass is 9.95. The van der Waals surface area contributed by atoms with E-state index in [9.17, 15) is 14.7 Å². The molecule has 6 nitrogen and oxygen atoms in total. The molecular formula is C25H21BrN2O4. The molecule has 0 spiro atoms. The second kappa shape index (κ2) is 8.96. The topological polar surface area (TPSA) is 79.7 Å². The molecule has 1 aliphatic rings. The summed E-state index contributed by atoms with van der Waals surface area (Å²) < 4.78 is 6.08. The molecule has 1 N–H and O–H groups in total. The van der Waals surface area contributed by atoms with Gasteiger partial charge in [0, 0.05) is 29.0 Å². The molecule has 0 bridgehead atoms. The van der Waals surface area contributed by atoms with E-state index in [-0.39, 0.29) is 17.9 Å². The lowest BCUT2D eigenvalue weighted by molar-refractivity contribution is -0.140. The number of carbonyl (C=O) groups is 2. The van der Waals surface area contributed by atoms with Crippen LogP contribution < -0.4 is 4.74 Å². The van der Waals surface area contributed by atoms with Gasteiger partial charge in [0.2, 0.25) is 0 Å². The van der Waals surface area contributed by atoms with E-state index in [1.165, 1.54) is 4.90 Å². The van der Waals surface area contributed by atoms with Crippen LogP contribution >= 0.6 is 15.9 Å².